The number of anilines is 2. The molecule has 1 fully saturated rings. The molecule has 1 aromatic carbocycles. The van der Waals surface area contributed by atoms with Gasteiger partial charge in [-0.25, -0.2) is 0 Å². The van der Waals surface area contributed by atoms with E-state index in [1.165, 1.54) is 25.9 Å². The van der Waals surface area contributed by atoms with E-state index in [0.717, 1.165) is 28.3 Å². The minimum atomic E-state index is 0.782. The van der Waals surface area contributed by atoms with Gasteiger partial charge in [-0.15, -0.1) is 0 Å². The van der Waals surface area contributed by atoms with Gasteiger partial charge in [-0.2, -0.15) is 0 Å². The predicted octanol–water partition coefficient (Wildman–Crippen LogP) is 2.81. The van der Waals surface area contributed by atoms with E-state index in [0.29, 0.717) is 0 Å². The average molecular weight is 312 g/mol. The Morgan fingerprint density at radius 2 is 2.06 bits per heavy atom. The van der Waals surface area contributed by atoms with Crippen LogP contribution in [0.15, 0.2) is 22.7 Å². The smallest absolute Gasteiger partial charge is 0.0608 e. The molecule has 0 aliphatic carbocycles. The fourth-order valence-corrected chi connectivity index (χ4v) is 2.93. The molecule has 0 amide bonds. The third-order valence-corrected chi connectivity index (χ3v) is 4.27. The molecule has 0 saturated carbocycles. The maximum Gasteiger partial charge on any atom is 0.0608 e. The summed E-state index contributed by atoms with van der Waals surface area (Å²) < 4.78 is 1.09. The monoisotopic (exact) mass is 311 g/mol. The molecule has 100 valence electrons. The zero-order chi connectivity index (χ0) is 13.1. The summed E-state index contributed by atoms with van der Waals surface area (Å²) in [6.45, 7) is 3.52. The molecule has 1 heterocycles. The number of likely N-dealkylation sites (tertiary alicyclic amines) is 1. The van der Waals surface area contributed by atoms with E-state index in [1.54, 1.807) is 0 Å². The van der Waals surface area contributed by atoms with Crippen molar-refractivity contribution in [1.82, 2.24) is 4.90 Å². The highest BCUT2D eigenvalue weighted by molar-refractivity contribution is 9.10. The number of halogens is 1. The highest BCUT2D eigenvalue weighted by atomic mass is 79.9. The summed E-state index contributed by atoms with van der Waals surface area (Å²) in [5.41, 5.74) is 8.03. The molecule has 0 unspecified atom stereocenters. The van der Waals surface area contributed by atoms with Gasteiger partial charge >= 0.3 is 0 Å². The Hall–Kier alpha value is -0.740. The second-order valence-corrected chi connectivity index (χ2v) is 6.25. The normalized spacial score (nSPS) is 17.9. The van der Waals surface area contributed by atoms with Gasteiger partial charge in [0.1, 0.15) is 0 Å². The van der Waals surface area contributed by atoms with Crippen molar-refractivity contribution >= 4 is 27.3 Å². The van der Waals surface area contributed by atoms with Crippen molar-refractivity contribution in [2.75, 3.05) is 44.4 Å². The van der Waals surface area contributed by atoms with E-state index in [4.69, 9.17) is 5.73 Å². The van der Waals surface area contributed by atoms with Gasteiger partial charge in [0.15, 0.2) is 0 Å². The first kappa shape index (κ1) is 13.7. The van der Waals surface area contributed by atoms with Crippen LogP contribution in [0.1, 0.15) is 12.8 Å². The van der Waals surface area contributed by atoms with Crippen LogP contribution in [0.2, 0.25) is 0 Å². The molecule has 0 atom stereocenters. The number of nitrogen functional groups attached to an aromatic ring is 1. The zero-order valence-electron chi connectivity index (χ0n) is 11.2. The second-order valence-electron chi connectivity index (χ2n) is 5.33. The van der Waals surface area contributed by atoms with Crippen molar-refractivity contribution in [2.45, 2.75) is 12.8 Å². The van der Waals surface area contributed by atoms with Crippen LogP contribution in [0.3, 0.4) is 0 Å². The summed E-state index contributed by atoms with van der Waals surface area (Å²) in [4.78, 5) is 4.69. The first-order valence-corrected chi connectivity index (χ1v) is 7.30. The Labute approximate surface area is 118 Å². The standard InChI is InChI=1S/C14H22BrN3/c1-17-7-5-11(6-8-17)10-18(2)14-9-12(15)3-4-13(14)16/h3-4,9,11H,5-8,10,16H2,1-2H3. The van der Waals surface area contributed by atoms with Crippen LogP contribution in [0.4, 0.5) is 11.4 Å². The Morgan fingerprint density at radius 1 is 1.39 bits per heavy atom. The number of rotatable bonds is 3. The van der Waals surface area contributed by atoms with Crippen LogP contribution in [0.25, 0.3) is 0 Å². The lowest BCUT2D eigenvalue weighted by molar-refractivity contribution is 0.222. The van der Waals surface area contributed by atoms with Crippen LogP contribution in [0, 0.1) is 5.92 Å². The zero-order valence-corrected chi connectivity index (χ0v) is 12.8. The molecule has 0 radical (unpaired) electrons. The number of piperidine rings is 1. The quantitative estimate of drug-likeness (QED) is 0.871. The Kier molecular flexibility index (Phi) is 4.51. The summed E-state index contributed by atoms with van der Waals surface area (Å²) in [5, 5.41) is 0. The van der Waals surface area contributed by atoms with Crippen LogP contribution in [-0.4, -0.2) is 38.6 Å². The summed E-state index contributed by atoms with van der Waals surface area (Å²) in [6, 6.07) is 6.05. The molecule has 3 nitrogen and oxygen atoms in total. The van der Waals surface area contributed by atoms with Crippen molar-refractivity contribution in [3.8, 4) is 0 Å². The molecule has 0 bridgehead atoms. The first-order chi connectivity index (χ1) is 8.56. The summed E-state index contributed by atoms with van der Waals surface area (Å²) >= 11 is 3.51. The lowest BCUT2D eigenvalue weighted by atomic mass is 9.96. The van der Waals surface area contributed by atoms with Crippen molar-refractivity contribution in [3.05, 3.63) is 22.7 Å². The van der Waals surface area contributed by atoms with Gasteiger partial charge in [0.05, 0.1) is 11.4 Å². The molecule has 1 aliphatic rings. The van der Waals surface area contributed by atoms with Gasteiger partial charge in [0, 0.05) is 18.1 Å². The lowest BCUT2D eigenvalue weighted by Gasteiger charge is -2.32. The molecular formula is C14H22BrN3. The first-order valence-electron chi connectivity index (χ1n) is 6.51. The van der Waals surface area contributed by atoms with Crippen molar-refractivity contribution in [3.63, 3.8) is 0 Å². The Balaban J connectivity index is 1.98. The van der Waals surface area contributed by atoms with E-state index >= 15 is 0 Å². The third-order valence-electron chi connectivity index (χ3n) is 3.77. The van der Waals surface area contributed by atoms with E-state index < -0.39 is 0 Å². The van der Waals surface area contributed by atoms with Crippen LogP contribution in [-0.2, 0) is 0 Å². The van der Waals surface area contributed by atoms with Gasteiger partial charge in [0.2, 0.25) is 0 Å². The van der Waals surface area contributed by atoms with Gasteiger partial charge in [-0.3, -0.25) is 0 Å². The molecule has 2 N–H and O–H groups in total. The molecular weight excluding hydrogens is 290 g/mol. The predicted molar refractivity (Wildman–Crippen MR) is 82.0 cm³/mol. The SMILES string of the molecule is CN1CCC(CN(C)c2cc(Br)ccc2N)CC1. The molecule has 18 heavy (non-hydrogen) atoms. The molecule has 2 rings (SSSR count). The minimum Gasteiger partial charge on any atom is -0.397 e. The van der Waals surface area contributed by atoms with E-state index in [9.17, 15) is 0 Å². The molecule has 4 heteroatoms. The number of nitrogens with two attached hydrogens (primary N) is 1. The number of hydrogen-bond acceptors (Lipinski definition) is 3. The van der Waals surface area contributed by atoms with Crippen molar-refractivity contribution in [2.24, 2.45) is 5.92 Å². The van der Waals surface area contributed by atoms with Gasteiger partial charge in [-0.1, -0.05) is 15.9 Å². The number of hydrogen-bond donors (Lipinski definition) is 1. The molecule has 1 saturated heterocycles. The second kappa shape index (κ2) is 5.93. The Morgan fingerprint density at radius 3 is 2.72 bits per heavy atom. The van der Waals surface area contributed by atoms with E-state index in [1.807, 2.05) is 12.1 Å². The summed E-state index contributed by atoms with van der Waals surface area (Å²) in [7, 11) is 4.34. The Bertz CT molecular complexity index is 400. The molecule has 1 aromatic rings. The average Bonchev–Trinajstić information content (AvgIpc) is 2.35. The summed E-state index contributed by atoms with van der Waals surface area (Å²) in [5.74, 6) is 0.782. The minimum absolute atomic E-state index is 0.782. The topological polar surface area (TPSA) is 32.5 Å². The van der Waals surface area contributed by atoms with Crippen LogP contribution in [0.5, 0.6) is 0 Å². The maximum atomic E-state index is 6.05. The number of nitrogens with zero attached hydrogens (tertiary/aromatic N) is 2. The van der Waals surface area contributed by atoms with Crippen LogP contribution >= 0.6 is 15.9 Å². The highest BCUT2D eigenvalue weighted by Gasteiger charge is 2.19. The molecule has 1 aliphatic heterocycles. The fourth-order valence-electron chi connectivity index (χ4n) is 2.58. The highest BCUT2D eigenvalue weighted by Crippen LogP contribution is 2.28. The van der Waals surface area contributed by atoms with Gasteiger partial charge in [0.25, 0.3) is 0 Å². The maximum absolute atomic E-state index is 6.05. The van der Waals surface area contributed by atoms with E-state index in [-0.39, 0.29) is 0 Å². The molecule has 0 spiro atoms. The molecule has 0 aromatic heterocycles. The summed E-state index contributed by atoms with van der Waals surface area (Å²) in [6.07, 6.45) is 2.57. The third kappa shape index (κ3) is 3.39. The largest absolute Gasteiger partial charge is 0.397 e. The van der Waals surface area contributed by atoms with Gasteiger partial charge < -0.3 is 15.5 Å². The lowest BCUT2D eigenvalue weighted by Crippen LogP contribution is -2.35. The number of benzene rings is 1. The van der Waals surface area contributed by atoms with Crippen molar-refractivity contribution in [1.29, 1.82) is 0 Å². The van der Waals surface area contributed by atoms with Crippen LogP contribution < -0.4 is 10.6 Å². The fraction of sp³-hybridized carbons (Fsp3) is 0.571. The van der Waals surface area contributed by atoms with Crippen molar-refractivity contribution < 1.29 is 0 Å². The van der Waals surface area contributed by atoms with Gasteiger partial charge in [-0.05, 0) is 57.1 Å². The van der Waals surface area contributed by atoms with E-state index in [2.05, 4.69) is 45.9 Å².